The zero-order valence-corrected chi connectivity index (χ0v) is 35.9. The highest BCUT2D eigenvalue weighted by Gasteiger charge is 2.62. The van der Waals surface area contributed by atoms with Gasteiger partial charge in [-0.15, -0.1) is 0 Å². The molecule has 2 amide bonds. The molecule has 2 saturated carbocycles. The molecule has 2 aliphatic carbocycles. The molecule has 16 heteroatoms. The number of pyridine rings is 1. The van der Waals surface area contributed by atoms with Gasteiger partial charge in [0, 0.05) is 18.9 Å². The van der Waals surface area contributed by atoms with Crippen LogP contribution >= 0.6 is 0 Å². The highest BCUT2D eigenvalue weighted by atomic mass is 32.2. The number of sulfonamides is 1. The van der Waals surface area contributed by atoms with E-state index in [2.05, 4.69) is 26.6 Å². The Morgan fingerprint density at radius 2 is 1.79 bits per heavy atom. The molecule has 0 bridgehead atoms. The van der Waals surface area contributed by atoms with Gasteiger partial charge in [-0.3, -0.25) is 23.9 Å². The summed E-state index contributed by atoms with van der Waals surface area (Å²) >= 11 is 0. The maximum absolute atomic E-state index is 15.1. The number of amides is 2. The summed E-state index contributed by atoms with van der Waals surface area (Å²) < 4.78 is 51.2. The van der Waals surface area contributed by atoms with Crippen LogP contribution in [-0.4, -0.2) is 94.6 Å². The van der Waals surface area contributed by atoms with Crippen molar-refractivity contribution in [3.63, 3.8) is 0 Å². The van der Waals surface area contributed by atoms with Gasteiger partial charge >= 0.3 is 5.97 Å². The topological polar surface area (TPSA) is 193 Å². The van der Waals surface area contributed by atoms with Crippen molar-refractivity contribution in [2.75, 3.05) is 20.3 Å². The molecule has 3 fully saturated rings. The van der Waals surface area contributed by atoms with E-state index < -0.39 is 61.5 Å². The van der Waals surface area contributed by atoms with Crippen molar-refractivity contribution in [1.29, 1.82) is 0 Å². The molecule has 2 aromatic heterocycles. The molecule has 2 aliphatic heterocycles. The highest BCUT2D eigenvalue weighted by molar-refractivity contribution is 7.91. The van der Waals surface area contributed by atoms with Gasteiger partial charge in [-0.25, -0.2) is 23.4 Å². The molecule has 4 heterocycles. The SMILES string of the molecule is CCOc1nc2cc(OC)ncc2nc1O[C@@H]1C[C@H]2C(=O)C[C@]3(C(=O)NS(=O)(=O)C4(C)CC4)C[C@H]3/C=C\CC[C@@H](C)C[C@@H](CC)[C@H](CC(=O)OC(C)(C)C)C(=O)N2C1. The number of carbonyl (C=O) groups is 4. The van der Waals surface area contributed by atoms with E-state index in [1.807, 2.05) is 19.1 Å². The zero-order valence-electron chi connectivity index (χ0n) is 35.0. The Balaban J connectivity index is 1.37. The monoisotopic (exact) mass is 825 g/mol. The molecule has 0 unspecified atom stereocenters. The lowest BCUT2D eigenvalue weighted by atomic mass is 9.79. The summed E-state index contributed by atoms with van der Waals surface area (Å²) in [5, 5.41) is 0. The third-order valence-corrected chi connectivity index (χ3v) is 14.3. The number of nitrogens with zero attached hydrogens (tertiary/aromatic N) is 4. The van der Waals surface area contributed by atoms with E-state index >= 15 is 4.79 Å². The van der Waals surface area contributed by atoms with E-state index in [1.165, 1.54) is 18.2 Å². The second-order valence-corrected chi connectivity index (χ2v) is 20.1. The van der Waals surface area contributed by atoms with Crippen molar-refractivity contribution in [3.05, 3.63) is 24.4 Å². The van der Waals surface area contributed by atoms with Crippen LogP contribution < -0.4 is 18.9 Å². The standard InChI is InChI=1S/C42H59N5O10S/c1-9-26-17-25(3)13-11-12-14-27-21-42(27,39(51)46-58(52,53)41(7)15-16-41)22-33(48)32-18-28(24-47(32)38(50)29(26)19-35(49)57-40(4,5)6)56-37-36(55-10-2)44-30-20-34(54-8)43-23-31(30)45-37/h12,14,20,23,25-29,32H,9-11,13,15-19,21-22,24H2,1-8H3,(H,46,51)/b14-12-/t25-,26-,27-,28-,29+,32+,42-/m1/s1. The minimum Gasteiger partial charge on any atom is -0.481 e. The van der Waals surface area contributed by atoms with E-state index in [9.17, 15) is 22.8 Å². The van der Waals surface area contributed by atoms with Crippen molar-refractivity contribution < 1.29 is 46.5 Å². The normalized spacial score (nSPS) is 29.3. The van der Waals surface area contributed by atoms with Crippen molar-refractivity contribution in [2.24, 2.45) is 29.1 Å². The van der Waals surface area contributed by atoms with E-state index in [0.717, 1.165) is 6.42 Å². The van der Waals surface area contributed by atoms with Gasteiger partial charge in [-0.2, -0.15) is 0 Å². The van der Waals surface area contributed by atoms with Crippen LogP contribution in [0.5, 0.6) is 17.6 Å². The van der Waals surface area contributed by atoms with E-state index in [0.29, 0.717) is 55.4 Å². The van der Waals surface area contributed by atoms with Gasteiger partial charge in [-0.05, 0) is 90.9 Å². The van der Waals surface area contributed by atoms with Crippen LogP contribution in [0.25, 0.3) is 11.0 Å². The summed E-state index contributed by atoms with van der Waals surface area (Å²) in [7, 11) is -2.48. The van der Waals surface area contributed by atoms with Crippen LogP contribution in [0.15, 0.2) is 24.4 Å². The zero-order chi connectivity index (χ0) is 42.2. The third-order valence-electron chi connectivity index (χ3n) is 12.2. The molecule has 318 valence electrons. The average Bonchev–Trinajstić information content (AvgIpc) is 4.03. The lowest BCUT2D eigenvalue weighted by Gasteiger charge is -2.33. The fourth-order valence-corrected chi connectivity index (χ4v) is 9.72. The first-order chi connectivity index (χ1) is 27.3. The number of esters is 1. The first-order valence-corrected chi connectivity index (χ1v) is 22.1. The molecule has 15 nitrogen and oxygen atoms in total. The Labute approximate surface area is 341 Å². The third kappa shape index (κ3) is 9.42. The predicted molar refractivity (Wildman–Crippen MR) is 214 cm³/mol. The van der Waals surface area contributed by atoms with Gasteiger partial charge in [-0.1, -0.05) is 32.4 Å². The molecule has 7 atom stereocenters. The van der Waals surface area contributed by atoms with Crippen LogP contribution in [0.2, 0.25) is 0 Å². The number of fused-ring (bicyclic) bond motifs is 3. The molecular weight excluding hydrogens is 767 g/mol. The number of allylic oxidation sites excluding steroid dienone is 2. The van der Waals surface area contributed by atoms with Crippen LogP contribution in [-0.2, 0) is 33.9 Å². The molecule has 0 spiro atoms. The van der Waals surface area contributed by atoms with Gasteiger partial charge in [0.1, 0.15) is 17.2 Å². The minimum absolute atomic E-state index is 0.0204. The summed E-state index contributed by atoms with van der Waals surface area (Å²) in [6.45, 7) is 13.1. The molecule has 1 saturated heterocycles. The fraction of sp³-hybridized carbons (Fsp3) is 0.690. The Morgan fingerprint density at radius 3 is 2.45 bits per heavy atom. The Hall–Kier alpha value is -4.34. The maximum Gasteiger partial charge on any atom is 0.307 e. The Morgan fingerprint density at radius 1 is 1.07 bits per heavy atom. The van der Waals surface area contributed by atoms with Gasteiger partial charge in [0.25, 0.3) is 11.8 Å². The van der Waals surface area contributed by atoms with Crippen LogP contribution in [0.4, 0.5) is 0 Å². The summed E-state index contributed by atoms with van der Waals surface area (Å²) in [5.74, 6) is -2.61. The lowest BCUT2D eigenvalue weighted by Crippen LogP contribution is -2.48. The minimum atomic E-state index is -3.98. The quantitative estimate of drug-likeness (QED) is 0.221. The molecule has 4 aliphatic rings. The van der Waals surface area contributed by atoms with Crippen molar-refractivity contribution >= 4 is 44.6 Å². The smallest absolute Gasteiger partial charge is 0.307 e. The van der Waals surface area contributed by atoms with E-state index in [-0.39, 0.29) is 67.8 Å². The van der Waals surface area contributed by atoms with Crippen molar-refractivity contribution in [2.45, 2.75) is 135 Å². The van der Waals surface area contributed by atoms with Crippen molar-refractivity contribution in [1.82, 2.24) is 24.6 Å². The summed E-state index contributed by atoms with van der Waals surface area (Å²) in [4.78, 5) is 72.3. The van der Waals surface area contributed by atoms with E-state index in [1.54, 1.807) is 40.7 Å². The summed E-state index contributed by atoms with van der Waals surface area (Å²) in [6, 6.07) is 0.581. The number of rotatable bonds is 11. The van der Waals surface area contributed by atoms with Crippen LogP contribution in [0.3, 0.4) is 0 Å². The van der Waals surface area contributed by atoms with Crippen molar-refractivity contribution in [3.8, 4) is 17.6 Å². The van der Waals surface area contributed by atoms with Crippen LogP contribution in [0, 0.1) is 29.1 Å². The van der Waals surface area contributed by atoms with Gasteiger partial charge in [0.2, 0.25) is 27.7 Å². The molecule has 0 aromatic carbocycles. The van der Waals surface area contributed by atoms with E-state index in [4.69, 9.17) is 18.9 Å². The van der Waals surface area contributed by atoms with Gasteiger partial charge < -0.3 is 23.8 Å². The first-order valence-electron chi connectivity index (χ1n) is 20.6. The lowest BCUT2D eigenvalue weighted by molar-refractivity contribution is -0.160. The second kappa shape index (κ2) is 16.7. The largest absolute Gasteiger partial charge is 0.481 e. The molecule has 1 N–H and O–H groups in total. The number of nitrogens with one attached hydrogen (secondary N) is 1. The number of Topliss-reactive ketones (excluding diaryl/α,β-unsaturated/α-hetero) is 1. The number of aromatic nitrogens is 3. The Kier molecular flexibility index (Phi) is 12.5. The molecule has 0 radical (unpaired) electrons. The fourth-order valence-electron chi connectivity index (χ4n) is 8.39. The van der Waals surface area contributed by atoms with Crippen LogP contribution in [0.1, 0.15) is 113 Å². The first kappa shape index (κ1) is 43.2. The predicted octanol–water partition coefficient (Wildman–Crippen LogP) is 5.49. The van der Waals surface area contributed by atoms with Gasteiger partial charge in [0.05, 0.1) is 60.5 Å². The highest BCUT2D eigenvalue weighted by Crippen LogP contribution is 2.58. The molecule has 58 heavy (non-hydrogen) atoms. The number of methoxy groups -OCH3 is 1. The number of ether oxygens (including phenoxy) is 4. The number of ketones is 1. The molecule has 2 aromatic rings. The molecule has 6 rings (SSSR count). The number of hydrogen-bond acceptors (Lipinski definition) is 13. The summed E-state index contributed by atoms with van der Waals surface area (Å²) in [5.41, 5.74) is -1.20. The summed E-state index contributed by atoms with van der Waals surface area (Å²) in [6.07, 6.45) is 8.29. The Bertz CT molecular complexity index is 2050. The molecular formula is C42H59N5O10S. The maximum atomic E-state index is 15.1. The van der Waals surface area contributed by atoms with Gasteiger partial charge in [0.15, 0.2) is 5.78 Å². The second-order valence-electron chi connectivity index (χ2n) is 17.9. The number of hydrogen-bond donors (Lipinski definition) is 1. The average molecular weight is 826 g/mol. The number of carbonyl (C=O) groups excluding carboxylic acids is 4.